The molecular weight excluding hydrogens is 342 g/mol. The van der Waals surface area contributed by atoms with E-state index in [1.165, 1.54) is 17.9 Å². The molecule has 0 amide bonds. The number of sulfone groups is 1. The van der Waals surface area contributed by atoms with Crippen molar-refractivity contribution in [1.82, 2.24) is 0 Å². The van der Waals surface area contributed by atoms with Gasteiger partial charge in [0.15, 0.2) is 9.84 Å². The molecule has 5 heteroatoms. The van der Waals surface area contributed by atoms with Crippen molar-refractivity contribution in [2.45, 2.75) is 37.5 Å². The molecule has 2 aromatic rings. The third-order valence-corrected chi connectivity index (χ3v) is 5.83. The van der Waals surface area contributed by atoms with Crippen molar-refractivity contribution in [3.63, 3.8) is 0 Å². The SMILES string of the molecule is Cc1cc(C2=C(c3ccc(S(C)(=O)=O)cc3)CCC2)ccc1C(F)F. The van der Waals surface area contributed by atoms with E-state index in [1.807, 2.05) is 18.2 Å². The number of aryl methyl sites for hydroxylation is 1. The average molecular weight is 362 g/mol. The summed E-state index contributed by atoms with van der Waals surface area (Å²) < 4.78 is 49.1. The highest BCUT2D eigenvalue weighted by Crippen LogP contribution is 2.40. The summed E-state index contributed by atoms with van der Waals surface area (Å²) in [5.41, 5.74) is 4.97. The topological polar surface area (TPSA) is 34.1 Å². The fourth-order valence-electron chi connectivity index (χ4n) is 3.39. The summed E-state index contributed by atoms with van der Waals surface area (Å²) in [6.07, 6.45) is 1.54. The predicted molar refractivity (Wildman–Crippen MR) is 96.4 cm³/mol. The van der Waals surface area contributed by atoms with E-state index in [9.17, 15) is 17.2 Å². The Morgan fingerprint density at radius 2 is 1.48 bits per heavy atom. The van der Waals surface area contributed by atoms with Crippen LogP contribution in [0.25, 0.3) is 11.1 Å². The molecule has 0 unspecified atom stereocenters. The minimum atomic E-state index is -3.21. The fourth-order valence-corrected chi connectivity index (χ4v) is 4.02. The van der Waals surface area contributed by atoms with Crippen molar-refractivity contribution >= 4 is 21.0 Å². The molecular formula is C20H20F2O2S. The number of alkyl halides is 2. The first-order valence-electron chi connectivity index (χ1n) is 8.19. The normalized spacial score (nSPS) is 15.2. The highest BCUT2D eigenvalue weighted by Gasteiger charge is 2.20. The third-order valence-electron chi connectivity index (χ3n) is 4.70. The van der Waals surface area contributed by atoms with E-state index in [4.69, 9.17) is 0 Å². The third kappa shape index (κ3) is 3.66. The maximum atomic E-state index is 13.0. The van der Waals surface area contributed by atoms with Crippen LogP contribution in [0.5, 0.6) is 0 Å². The Hall–Kier alpha value is -2.01. The van der Waals surface area contributed by atoms with Gasteiger partial charge in [0, 0.05) is 11.8 Å². The molecule has 0 heterocycles. The summed E-state index contributed by atoms with van der Waals surface area (Å²) in [5, 5.41) is 0. The van der Waals surface area contributed by atoms with Crippen molar-refractivity contribution in [3.8, 4) is 0 Å². The van der Waals surface area contributed by atoms with Gasteiger partial charge in [-0.3, -0.25) is 0 Å². The summed E-state index contributed by atoms with van der Waals surface area (Å²) in [5.74, 6) is 0. The number of hydrogen-bond acceptors (Lipinski definition) is 2. The molecule has 25 heavy (non-hydrogen) atoms. The summed E-state index contributed by atoms with van der Waals surface area (Å²) in [7, 11) is -3.21. The van der Waals surface area contributed by atoms with Gasteiger partial charge < -0.3 is 0 Å². The Balaban J connectivity index is 2.02. The molecule has 0 aromatic heterocycles. The Labute approximate surface area is 147 Å². The first-order valence-corrected chi connectivity index (χ1v) is 10.1. The lowest BCUT2D eigenvalue weighted by atomic mass is 9.94. The van der Waals surface area contributed by atoms with Gasteiger partial charge in [-0.25, -0.2) is 17.2 Å². The maximum Gasteiger partial charge on any atom is 0.264 e. The lowest BCUT2D eigenvalue weighted by molar-refractivity contribution is 0.150. The van der Waals surface area contributed by atoms with E-state index < -0.39 is 16.3 Å². The summed E-state index contributed by atoms with van der Waals surface area (Å²) >= 11 is 0. The quantitative estimate of drug-likeness (QED) is 0.727. The zero-order valence-electron chi connectivity index (χ0n) is 14.2. The van der Waals surface area contributed by atoms with Gasteiger partial charge in [0.2, 0.25) is 0 Å². The molecule has 132 valence electrons. The molecule has 0 atom stereocenters. The molecule has 0 saturated carbocycles. The highest BCUT2D eigenvalue weighted by atomic mass is 32.2. The second-order valence-electron chi connectivity index (χ2n) is 6.48. The van der Waals surface area contributed by atoms with Crippen molar-refractivity contribution in [2.24, 2.45) is 0 Å². The molecule has 0 radical (unpaired) electrons. The van der Waals surface area contributed by atoms with Gasteiger partial charge in [0.1, 0.15) is 0 Å². The zero-order chi connectivity index (χ0) is 18.2. The van der Waals surface area contributed by atoms with E-state index >= 15 is 0 Å². The lowest BCUT2D eigenvalue weighted by Gasteiger charge is -2.12. The molecule has 0 N–H and O–H groups in total. The molecule has 0 fully saturated rings. The monoisotopic (exact) mass is 362 g/mol. The zero-order valence-corrected chi connectivity index (χ0v) is 15.0. The standard InChI is InChI=1S/C20H20F2O2S/c1-13-12-15(8-11-17(13)20(21)22)19-5-3-4-18(19)14-6-9-16(10-7-14)25(2,23)24/h6-12,20H,3-5H2,1-2H3. The molecule has 1 aliphatic carbocycles. The smallest absolute Gasteiger partial charge is 0.224 e. The van der Waals surface area contributed by atoms with Crippen LogP contribution in [0.1, 0.15) is 47.9 Å². The molecule has 0 spiro atoms. The number of halogens is 2. The number of benzene rings is 2. The first-order chi connectivity index (χ1) is 11.8. The van der Waals surface area contributed by atoms with Gasteiger partial charge in [0.25, 0.3) is 6.43 Å². The van der Waals surface area contributed by atoms with E-state index in [2.05, 4.69) is 0 Å². The van der Waals surface area contributed by atoms with Crippen molar-refractivity contribution < 1.29 is 17.2 Å². The Bertz CT molecular complexity index is 927. The Kier molecular flexibility index (Phi) is 4.78. The molecule has 2 aromatic carbocycles. The molecule has 1 aliphatic rings. The van der Waals surface area contributed by atoms with Gasteiger partial charge in [-0.15, -0.1) is 0 Å². The summed E-state index contributed by atoms with van der Waals surface area (Å²) in [4.78, 5) is 0.300. The fraction of sp³-hybridized carbons (Fsp3) is 0.300. The van der Waals surface area contributed by atoms with Gasteiger partial charge in [-0.1, -0.05) is 30.3 Å². The van der Waals surface area contributed by atoms with Crippen LogP contribution in [0.4, 0.5) is 8.78 Å². The number of rotatable bonds is 4. The molecule has 0 bridgehead atoms. The Morgan fingerprint density at radius 1 is 0.920 bits per heavy atom. The predicted octanol–water partition coefficient (Wildman–Crippen LogP) is 5.43. The van der Waals surface area contributed by atoms with Gasteiger partial charge in [-0.05, 0) is 66.2 Å². The molecule has 2 nitrogen and oxygen atoms in total. The second-order valence-corrected chi connectivity index (χ2v) is 8.50. The van der Waals surface area contributed by atoms with Crippen molar-refractivity contribution in [2.75, 3.05) is 6.26 Å². The van der Waals surface area contributed by atoms with E-state index in [-0.39, 0.29) is 5.56 Å². The largest absolute Gasteiger partial charge is 0.264 e. The van der Waals surface area contributed by atoms with Crippen molar-refractivity contribution in [3.05, 3.63) is 64.7 Å². The van der Waals surface area contributed by atoms with Gasteiger partial charge in [-0.2, -0.15) is 0 Å². The van der Waals surface area contributed by atoms with E-state index in [1.54, 1.807) is 25.1 Å². The molecule has 0 aliphatic heterocycles. The molecule has 3 rings (SSSR count). The van der Waals surface area contributed by atoms with Gasteiger partial charge >= 0.3 is 0 Å². The number of allylic oxidation sites excluding steroid dienone is 2. The van der Waals surface area contributed by atoms with Crippen LogP contribution >= 0.6 is 0 Å². The molecule has 0 saturated heterocycles. The van der Waals surface area contributed by atoms with Crippen molar-refractivity contribution in [1.29, 1.82) is 0 Å². The number of hydrogen-bond donors (Lipinski definition) is 0. The minimum Gasteiger partial charge on any atom is -0.224 e. The van der Waals surface area contributed by atoms with Gasteiger partial charge in [0.05, 0.1) is 4.90 Å². The van der Waals surface area contributed by atoms with Crippen LogP contribution in [0, 0.1) is 6.92 Å². The first kappa shape index (κ1) is 17.8. The second kappa shape index (κ2) is 6.71. The van der Waals surface area contributed by atoms with E-state index in [0.29, 0.717) is 10.5 Å². The maximum absolute atomic E-state index is 13.0. The van der Waals surface area contributed by atoms with Crippen LogP contribution in [-0.4, -0.2) is 14.7 Å². The van der Waals surface area contributed by atoms with Crippen LogP contribution in [-0.2, 0) is 9.84 Å². The minimum absolute atomic E-state index is 0.0707. The van der Waals surface area contributed by atoms with Crippen LogP contribution in [0.3, 0.4) is 0 Å². The van der Waals surface area contributed by atoms with E-state index in [0.717, 1.165) is 36.0 Å². The highest BCUT2D eigenvalue weighted by molar-refractivity contribution is 7.90. The average Bonchev–Trinajstić information content (AvgIpc) is 3.03. The van der Waals surface area contributed by atoms with Crippen LogP contribution in [0.2, 0.25) is 0 Å². The summed E-state index contributed by atoms with van der Waals surface area (Å²) in [6.45, 7) is 1.71. The summed E-state index contributed by atoms with van der Waals surface area (Å²) in [6, 6.07) is 12.0. The van der Waals surface area contributed by atoms with Crippen LogP contribution < -0.4 is 0 Å². The lowest BCUT2D eigenvalue weighted by Crippen LogP contribution is -1.97. The Morgan fingerprint density at radius 3 is 2.00 bits per heavy atom. The van der Waals surface area contributed by atoms with Crippen LogP contribution in [0.15, 0.2) is 47.4 Å².